The van der Waals surface area contributed by atoms with Crippen LogP contribution in [-0.2, 0) is 9.84 Å². The fourth-order valence-electron chi connectivity index (χ4n) is 2.16. The normalized spacial score (nSPS) is 17.9. The maximum Gasteiger partial charge on any atom is 0.181 e. The second kappa shape index (κ2) is 5.32. The molecule has 2 rings (SSSR count). The first-order valence-electron chi connectivity index (χ1n) is 5.87. The van der Waals surface area contributed by atoms with E-state index in [-0.39, 0.29) is 11.7 Å². The summed E-state index contributed by atoms with van der Waals surface area (Å²) in [5, 5.41) is 3.13. The van der Waals surface area contributed by atoms with Crippen molar-refractivity contribution in [1.82, 2.24) is 5.32 Å². The molecule has 0 aliphatic carbocycles. The summed E-state index contributed by atoms with van der Waals surface area (Å²) in [6, 6.07) is 2.52. The molecule has 3 nitrogen and oxygen atoms in total. The van der Waals surface area contributed by atoms with Crippen molar-refractivity contribution in [2.45, 2.75) is 17.7 Å². The van der Waals surface area contributed by atoms with Crippen molar-refractivity contribution >= 4 is 9.84 Å². The summed E-state index contributed by atoms with van der Waals surface area (Å²) in [4.78, 5) is -0.527. The van der Waals surface area contributed by atoms with E-state index in [1.54, 1.807) is 0 Å². The van der Waals surface area contributed by atoms with Crippen LogP contribution in [0.2, 0.25) is 0 Å². The second-order valence-electron chi connectivity index (χ2n) is 4.55. The smallest absolute Gasteiger partial charge is 0.181 e. The number of benzene rings is 1. The molecule has 0 radical (unpaired) electrons. The first kappa shape index (κ1) is 13.4. The van der Waals surface area contributed by atoms with E-state index in [1.165, 1.54) is 0 Å². The molecule has 1 aromatic rings. The highest BCUT2D eigenvalue weighted by Crippen LogP contribution is 2.22. The topological polar surface area (TPSA) is 46.2 Å². The highest BCUT2D eigenvalue weighted by atomic mass is 32.2. The molecule has 0 unspecified atom stereocenters. The van der Waals surface area contributed by atoms with Crippen molar-refractivity contribution in [1.29, 1.82) is 0 Å². The molecule has 1 N–H and O–H groups in total. The predicted octanol–water partition coefficient (Wildman–Crippen LogP) is 1.74. The van der Waals surface area contributed by atoms with Gasteiger partial charge in [-0.05, 0) is 50.0 Å². The van der Waals surface area contributed by atoms with Crippen LogP contribution in [0.1, 0.15) is 12.8 Å². The van der Waals surface area contributed by atoms with Gasteiger partial charge in [-0.1, -0.05) is 0 Å². The number of nitrogens with one attached hydrogen (secondary N) is 1. The highest BCUT2D eigenvalue weighted by Gasteiger charge is 2.25. The van der Waals surface area contributed by atoms with Crippen LogP contribution in [-0.4, -0.2) is 27.3 Å². The molecule has 1 heterocycles. The van der Waals surface area contributed by atoms with Gasteiger partial charge in [0.05, 0.1) is 5.75 Å². The van der Waals surface area contributed by atoms with E-state index in [1.807, 2.05) is 0 Å². The minimum Gasteiger partial charge on any atom is -0.317 e. The van der Waals surface area contributed by atoms with Crippen LogP contribution in [0.25, 0.3) is 0 Å². The zero-order valence-electron chi connectivity index (χ0n) is 9.83. The SMILES string of the molecule is O=S(=O)(CC1CCNCC1)c1cc(F)ccc1F. The number of piperidine rings is 1. The van der Waals surface area contributed by atoms with E-state index < -0.39 is 26.4 Å². The number of hydrogen-bond donors (Lipinski definition) is 1. The Bertz CT molecular complexity index is 525. The Morgan fingerprint density at radius 1 is 1.22 bits per heavy atom. The van der Waals surface area contributed by atoms with Crippen molar-refractivity contribution in [3.05, 3.63) is 29.8 Å². The van der Waals surface area contributed by atoms with Crippen molar-refractivity contribution < 1.29 is 17.2 Å². The van der Waals surface area contributed by atoms with Gasteiger partial charge in [-0.15, -0.1) is 0 Å². The first-order valence-corrected chi connectivity index (χ1v) is 7.53. The molecule has 0 spiro atoms. The van der Waals surface area contributed by atoms with E-state index >= 15 is 0 Å². The molecule has 0 bridgehead atoms. The lowest BCUT2D eigenvalue weighted by Gasteiger charge is -2.22. The molecule has 0 atom stereocenters. The van der Waals surface area contributed by atoms with Gasteiger partial charge in [0.2, 0.25) is 0 Å². The Labute approximate surface area is 105 Å². The lowest BCUT2D eigenvalue weighted by atomic mass is 10.0. The molecule has 18 heavy (non-hydrogen) atoms. The standard InChI is InChI=1S/C12H15F2NO2S/c13-10-1-2-11(14)12(7-10)18(16,17)8-9-3-5-15-6-4-9/h1-2,7,9,15H,3-6,8H2. The Hall–Kier alpha value is -1.01. The van der Waals surface area contributed by atoms with Crippen LogP contribution in [0.5, 0.6) is 0 Å². The molecule has 0 saturated carbocycles. The molecule has 1 saturated heterocycles. The molecule has 1 aromatic carbocycles. The van der Waals surface area contributed by atoms with Crippen LogP contribution in [0.3, 0.4) is 0 Å². The van der Waals surface area contributed by atoms with Gasteiger partial charge in [-0.2, -0.15) is 0 Å². The largest absolute Gasteiger partial charge is 0.317 e. The average Bonchev–Trinajstić information content (AvgIpc) is 2.33. The Morgan fingerprint density at radius 2 is 1.89 bits per heavy atom. The van der Waals surface area contributed by atoms with Crippen LogP contribution in [0, 0.1) is 17.6 Å². The average molecular weight is 275 g/mol. The third-order valence-corrected chi connectivity index (χ3v) is 5.04. The van der Waals surface area contributed by atoms with Crippen molar-refractivity contribution in [3.63, 3.8) is 0 Å². The van der Waals surface area contributed by atoms with E-state index in [4.69, 9.17) is 0 Å². The molecule has 0 aromatic heterocycles. The molecule has 1 fully saturated rings. The molecular formula is C12H15F2NO2S. The summed E-state index contributed by atoms with van der Waals surface area (Å²) >= 11 is 0. The quantitative estimate of drug-likeness (QED) is 0.914. The fraction of sp³-hybridized carbons (Fsp3) is 0.500. The third kappa shape index (κ3) is 3.05. The van der Waals surface area contributed by atoms with Gasteiger partial charge in [-0.3, -0.25) is 0 Å². The van der Waals surface area contributed by atoms with E-state index in [0.29, 0.717) is 0 Å². The minimum absolute atomic E-state index is 0.0129. The molecular weight excluding hydrogens is 260 g/mol. The lowest BCUT2D eigenvalue weighted by Crippen LogP contribution is -2.31. The summed E-state index contributed by atoms with van der Waals surface area (Å²) in [5.74, 6) is -1.72. The van der Waals surface area contributed by atoms with Crippen LogP contribution >= 0.6 is 0 Å². The summed E-state index contributed by atoms with van der Waals surface area (Å²) in [6.07, 6.45) is 1.49. The zero-order valence-corrected chi connectivity index (χ0v) is 10.6. The minimum atomic E-state index is -3.76. The molecule has 6 heteroatoms. The van der Waals surface area contributed by atoms with Crippen LogP contribution in [0.4, 0.5) is 8.78 Å². The predicted molar refractivity (Wildman–Crippen MR) is 64.0 cm³/mol. The zero-order chi connectivity index (χ0) is 13.2. The maximum atomic E-state index is 13.5. The summed E-state index contributed by atoms with van der Waals surface area (Å²) in [5.41, 5.74) is 0. The van der Waals surface area contributed by atoms with E-state index in [2.05, 4.69) is 5.32 Å². The molecule has 1 aliphatic rings. The van der Waals surface area contributed by atoms with Crippen LogP contribution in [0.15, 0.2) is 23.1 Å². The van der Waals surface area contributed by atoms with Gasteiger partial charge >= 0.3 is 0 Å². The number of sulfone groups is 1. The fourth-order valence-corrected chi connectivity index (χ4v) is 3.95. The summed E-state index contributed by atoms with van der Waals surface area (Å²) in [7, 11) is -3.76. The van der Waals surface area contributed by atoms with Gasteiger partial charge in [-0.25, -0.2) is 17.2 Å². The number of halogens is 2. The van der Waals surface area contributed by atoms with Gasteiger partial charge in [0.25, 0.3) is 0 Å². The van der Waals surface area contributed by atoms with E-state index in [9.17, 15) is 17.2 Å². The van der Waals surface area contributed by atoms with Gasteiger partial charge in [0, 0.05) is 0 Å². The second-order valence-corrected chi connectivity index (χ2v) is 6.55. The lowest BCUT2D eigenvalue weighted by molar-refractivity contribution is 0.401. The molecule has 100 valence electrons. The van der Waals surface area contributed by atoms with Gasteiger partial charge < -0.3 is 5.32 Å². The van der Waals surface area contributed by atoms with Crippen LogP contribution < -0.4 is 5.32 Å². The Balaban J connectivity index is 2.21. The number of rotatable bonds is 3. The Kier molecular flexibility index (Phi) is 3.97. The van der Waals surface area contributed by atoms with Gasteiger partial charge in [0.15, 0.2) is 9.84 Å². The van der Waals surface area contributed by atoms with Crippen molar-refractivity contribution in [2.24, 2.45) is 5.92 Å². The Morgan fingerprint density at radius 3 is 2.56 bits per heavy atom. The third-order valence-electron chi connectivity index (χ3n) is 3.14. The number of hydrogen-bond acceptors (Lipinski definition) is 3. The summed E-state index contributed by atoms with van der Waals surface area (Å²) < 4.78 is 50.6. The summed E-state index contributed by atoms with van der Waals surface area (Å²) in [6.45, 7) is 1.54. The highest BCUT2D eigenvalue weighted by molar-refractivity contribution is 7.91. The maximum absolute atomic E-state index is 13.5. The van der Waals surface area contributed by atoms with Gasteiger partial charge in [0.1, 0.15) is 16.5 Å². The van der Waals surface area contributed by atoms with Crippen molar-refractivity contribution in [3.8, 4) is 0 Å². The van der Waals surface area contributed by atoms with E-state index in [0.717, 1.165) is 44.1 Å². The molecule has 1 aliphatic heterocycles. The monoisotopic (exact) mass is 275 g/mol. The first-order chi connectivity index (χ1) is 8.49. The molecule has 0 amide bonds. The van der Waals surface area contributed by atoms with Crippen molar-refractivity contribution in [2.75, 3.05) is 18.8 Å².